The molecule has 0 aliphatic heterocycles. The summed E-state index contributed by atoms with van der Waals surface area (Å²) in [4.78, 5) is 2.82. The van der Waals surface area contributed by atoms with Gasteiger partial charge in [-0.05, 0) is 17.4 Å². The Labute approximate surface area is 73.8 Å². The van der Waals surface area contributed by atoms with E-state index in [1.807, 2.05) is 0 Å². The van der Waals surface area contributed by atoms with Crippen molar-refractivity contribution in [3.05, 3.63) is 10.4 Å². The highest BCUT2D eigenvalue weighted by atomic mass is 15.1. The Balaban J connectivity index is 2.37. The highest BCUT2D eigenvalue weighted by Crippen LogP contribution is 2.33. The minimum absolute atomic E-state index is 0.642. The normalized spacial score (nSPS) is 20.4. The van der Waals surface area contributed by atoms with E-state index < -0.39 is 0 Å². The maximum atomic E-state index is 8.21. The van der Waals surface area contributed by atoms with E-state index in [0.717, 1.165) is 12.3 Å². The van der Waals surface area contributed by atoms with Gasteiger partial charge in [-0.1, -0.05) is 44.1 Å². The van der Waals surface area contributed by atoms with Gasteiger partial charge in [0.25, 0.3) is 0 Å². The molecule has 0 aromatic rings. The monoisotopic (exact) mass is 167 g/mol. The van der Waals surface area contributed by atoms with Gasteiger partial charge in [-0.3, -0.25) is 0 Å². The van der Waals surface area contributed by atoms with Gasteiger partial charge in [0.1, 0.15) is 0 Å². The molecule has 1 aliphatic rings. The zero-order valence-electron chi connectivity index (χ0n) is 7.74. The summed E-state index contributed by atoms with van der Waals surface area (Å²) in [6.45, 7) is 2.90. The van der Waals surface area contributed by atoms with E-state index in [0.29, 0.717) is 12.5 Å². The summed E-state index contributed by atoms with van der Waals surface area (Å²) in [5.41, 5.74) is 8.21. The van der Waals surface area contributed by atoms with Gasteiger partial charge in [0.05, 0.1) is 0 Å². The molecule has 0 bridgehead atoms. The van der Waals surface area contributed by atoms with Crippen LogP contribution < -0.4 is 0 Å². The first kappa shape index (κ1) is 9.40. The van der Waals surface area contributed by atoms with E-state index in [-0.39, 0.29) is 0 Å². The molecule has 1 fully saturated rings. The molecule has 0 aromatic heterocycles. The Morgan fingerprint density at radius 3 is 2.67 bits per heavy atom. The van der Waals surface area contributed by atoms with Gasteiger partial charge >= 0.3 is 0 Å². The number of nitrogens with zero attached hydrogens (tertiary/aromatic N) is 3. The molecule has 3 heteroatoms. The van der Waals surface area contributed by atoms with Gasteiger partial charge in [0.15, 0.2) is 0 Å². The Kier molecular flexibility index (Phi) is 3.95. The third-order valence-corrected chi connectivity index (χ3v) is 2.97. The maximum Gasteiger partial charge on any atom is 0.0288 e. The predicted molar refractivity (Wildman–Crippen MR) is 49.8 cm³/mol. The molecule has 1 aliphatic carbocycles. The van der Waals surface area contributed by atoms with E-state index in [1.54, 1.807) is 0 Å². The second-order valence-electron chi connectivity index (χ2n) is 3.63. The van der Waals surface area contributed by atoms with Gasteiger partial charge in [-0.15, -0.1) is 0 Å². The molecule has 12 heavy (non-hydrogen) atoms. The third kappa shape index (κ3) is 2.42. The topological polar surface area (TPSA) is 48.8 Å². The third-order valence-electron chi connectivity index (χ3n) is 2.97. The number of azide groups is 1. The second-order valence-corrected chi connectivity index (χ2v) is 3.63. The van der Waals surface area contributed by atoms with Crippen LogP contribution in [0.1, 0.15) is 39.0 Å². The smallest absolute Gasteiger partial charge is 0.0288 e. The van der Waals surface area contributed by atoms with Gasteiger partial charge in [-0.2, -0.15) is 0 Å². The fourth-order valence-electron chi connectivity index (χ4n) is 2.18. The zero-order valence-corrected chi connectivity index (χ0v) is 7.74. The van der Waals surface area contributed by atoms with Crippen molar-refractivity contribution in [1.82, 2.24) is 0 Å². The summed E-state index contributed by atoms with van der Waals surface area (Å²) in [6.07, 6.45) is 6.59. The molecule has 0 heterocycles. The van der Waals surface area contributed by atoms with Crippen molar-refractivity contribution in [2.24, 2.45) is 17.0 Å². The van der Waals surface area contributed by atoms with Crippen molar-refractivity contribution in [3.8, 4) is 0 Å². The highest BCUT2D eigenvalue weighted by molar-refractivity contribution is 4.76. The minimum Gasteiger partial charge on any atom is -0.0937 e. The number of hydrogen-bond acceptors (Lipinski definition) is 1. The molecule has 1 atom stereocenters. The average molecular weight is 167 g/mol. The lowest BCUT2D eigenvalue weighted by Crippen LogP contribution is -2.13. The first-order valence-electron chi connectivity index (χ1n) is 4.89. The maximum absolute atomic E-state index is 8.21. The molecular formula is C9H17N3. The largest absolute Gasteiger partial charge is 0.0937 e. The van der Waals surface area contributed by atoms with Crippen LogP contribution in [0.25, 0.3) is 10.4 Å². The molecule has 0 saturated heterocycles. The zero-order chi connectivity index (χ0) is 8.81. The highest BCUT2D eigenvalue weighted by Gasteiger charge is 2.22. The second kappa shape index (κ2) is 5.04. The molecule has 68 valence electrons. The van der Waals surface area contributed by atoms with Crippen molar-refractivity contribution in [3.63, 3.8) is 0 Å². The fourth-order valence-corrected chi connectivity index (χ4v) is 2.18. The van der Waals surface area contributed by atoms with Crippen molar-refractivity contribution in [2.75, 3.05) is 6.54 Å². The predicted octanol–water partition coefficient (Wildman–Crippen LogP) is 3.51. The molecule has 1 unspecified atom stereocenters. The fraction of sp³-hybridized carbons (Fsp3) is 1.00. The Hall–Kier alpha value is -0.690. The SMILES string of the molecule is CCC(CN=[N+]=[N-])C1CCCC1. The van der Waals surface area contributed by atoms with Crippen LogP contribution in [0, 0.1) is 11.8 Å². The van der Waals surface area contributed by atoms with Crippen LogP contribution in [0.4, 0.5) is 0 Å². The Bertz CT molecular complexity index is 167. The first-order chi connectivity index (χ1) is 5.88. The summed E-state index contributed by atoms with van der Waals surface area (Å²) in [5.74, 6) is 1.48. The van der Waals surface area contributed by atoms with Crippen LogP contribution in [0.5, 0.6) is 0 Å². The lowest BCUT2D eigenvalue weighted by molar-refractivity contribution is 0.337. The average Bonchev–Trinajstić information content (AvgIpc) is 2.59. The Morgan fingerprint density at radius 2 is 2.17 bits per heavy atom. The van der Waals surface area contributed by atoms with E-state index in [4.69, 9.17) is 5.53 Å². The Morgan fingerprint density at radius 1 is 1.50 bits per heavy atom. The van der Waals surface area contributed by atoms with Crippen LogP contribution in [0.3, 0.4) is 0 Å². The molecule has 3 nitrogen and oxygen atoms in total. The van der Waals surface area contributed by atoms with Crippen LogP contribution in [-0.4, -0.2) is 6.54 Å². The standard InChI is InChI=1S/C9H17N3/c1-2-8(7-11-12-10)9-5-3-4-6-9/h8-9H,2-7H2,1H3. The lowest BCUT2D eigenvalue weighted by atomic mass is 9.89. The summed E-state index contributed by atoms with van der Waals surface area (Å²) in [7, 11) is 0. The summed E-state index contributed by atoms with van der Waals surface area (Å²) < 4.78 is 0. The van der Waals surface area contributed by atoms with Crippen molar-refractivity contribution in [2.45, 2.75) is 39.0 Å². The van der Waals surface area contributed by atoms with Gasteiger partial charge in [-0.25, -0.2) is 0 Å². The lowest BCUT2D eigenvalue weighted by Gasteiger charge is -2.19. The van der Waals surface area contributed by atoms with Crippen LogP contribution in [0.15, 0.2) is 5.11 Å². The van der Waals surface area contributed by atoms with Crippen molar-refractivity contribution in [1.29, 1.82) is 0 Å². The quantitative estimate of drug-likeness (QED) is 0.349. The van der Waals surface area contributed by atoms with Gasteiger partial charge in [0, 0.05) is 11.5 Å². The van der Waals surface area contributed by atoms with Gasteiger partial charge < -0.3 is 0 Å². The molecule has 0 spiro atoms. The molecule has 1 rings (SSSR count). The van der Waals surface area contributed by atoms with E-state index in [1.165, 1.54) is 25.7 Å². The molecule has 0 N–H and O–H groups in total. The van der Waals surface area contributed by atoms with Crippen molar-refractivity contribution < 1.29 is 0 Å². The van der Waals surface area contributed by atoms with E-state index in [9.17, 15) is 0 Å². The van der Waals surface area contributed by atoms with Crippen LogP contribution in [-0.2, 0) is 0 Å². The summed E-state index contributed by atoms with van der Waals surface area (Å²) in [5, 5.41) is 3.67. The molecule has 0 aromatic carbocycles. The minimum atomic E-state index is 0.642. The number of hydrogen-bond donors (Lipinski definition) is 0. The van der Waals surface area contributed by atoms with Crippen LogP contribution in [0.2, 0.25) is 0 Å². The molecular weight excluding hydrogens is 150 g/mol. The van der Waals surface area contributed by atoms with Gasteiger partial charge in [0.2, 0.25) is 0 Å². The van der Waals surface area contributed by atoms with E-state index in [2.05, 4.69) is 16.9 Å². The molecule has 0 amide bonds. The summed E-state index contributed by atoms with van der Waals surface area (Å²) in [6, 6.07) is 0. The van der Waals surface area contributed by atoms with E-state index >= 15 is 0 Å². The first-order valence-corrected chi connectivity index (χ1v) is 4.89. The van der Waals surface area contributed by atoms with Crippen molar-refractivity contribution >= 4 is 0 Å². The molecule has 1 saturated carbocycles. The summed E-state index contributed by atoms with van der Waals surface area (Å²) >= 11 is 0. The van der Waals surface area contributed by atoms with Crippen LogP contribution >= 0.6 is 0 Å². The molecule has 0 radical (unpaired) electrons. The number of rotatable bonds is 4.